The molecule has 0 saturated carbocycles. The van der Waals surface area contributed by atoms with Crippen molar-refractivity contribution in [1.29, 1.82) is 0 Å². The van der Waals surface area contributed by atoms with Crippen LogP contribution < -0.4 is 10.1 Å². The van der Waals surface area contributed by atoms with Gasteiger partial charge >= 0.3 is 0 Å². The summed E-state index contributed by atoms with van der Waals surface area (Å²) in [6.45, 7) is 8.49. The average molecular weight is 220 g/mol. The van der Waals surface area contributed by atoms with E-state index in [0.717, 1.165) is 31.0 Å². The lowest BCUT2D eigenvalue weighted by Crippen LogP contribution is -2.20. The van der Waals surface area contributed by atoms with E-state index in [2.05, 4.69) is 37.1 Å². The topological polar surface area (TPSA) is 34.1 Å². The third-order valence-electron chi connectivity index (χ3n) is 2.82. The van der Waals surface area contributed by atoms with Crippen LogP contribution in [0.15, 0.2) is 18.3 Å². The summed E-state index contributed by atoms with van der Waals surface area (Å²) in [7, 11) is 0. The van der Waals surface area contributed by atoms with Gasteiger partial charge in [-0.05, 0) is 25.1 Å². The molecule has 0 bridgehead atoms. The Morgan fingerprint density at radius 2 is 2.19 bits per heavy atom. The first-order valence-corrected chi connectivity index (χ1v) is 5.89. The molecular formula is C13H20N2O. The van der Waals surface area contributed by atoms with Crippen LogP contribution in [0.5, 0.6) is 5.75 Å². The molecule has 88 valence electrons. The second kappa shape index (κ2) is 4.42. The Morgan fingerprint density at radius 1 is 1.38 bits per heavy atom. The van der Waals surface area contributed by atoms with E-state index in [-0.39, 0.29) is 5.41 Å². The van der Waals surface area contributed by atoms with Crippen LogP contribution in [-0.2, 0) is 5.41 Å². The molecule has 1 saturated heterocycles. The highest BCUT2D eigenvalue weighted by Crippen LogP contribution is 2.22. The van der Waals surface area contributed by atoms with Crippen molar-refractivity contribution in [2.75, 3.05) is 13.1 Å². The van der Waals surface area contributed by atoms with Gasteiger partial charge in [-0.3, -0.25) is 4.98 Å². The number of aromatic nitrogens is 1. The van der Waals surface area contributed by atoms with Crippen LogP contribution in [0.2, 0.25) is 0 Å². The molecule has 1 aliphatic heterocycles. The number of hydrogen-bond donors (Lipinski definition) is 1. The van der Waals surface area contributed by atoms with Gasteiger partial charge in [-0.1, -0.05) is 20.8 Å². The van der Waals surface area contributed by atoms with Crippen LogP contribution in [0.4, 0.5) is 0 Å². The highest BCUT2D eigenvalue weighted by atomic mass is 16.5. The number of rotatable bonds is 2. The summed E-state index contributed by atoms with van der Waals surface area (Å²) in [5.41, 5.74) is 1.21. The van der Waals surface area contributed by atoms with Crippen molar-refractivity contribution in [3.8, 4) is 5.75 Å². The fraction of sp³-hybridized carbons (Fsp3) is 0.615. The maximum Gasteiger partial charge on any atom is 0.138 e. The zero-order valence-corrected chi connectivity index (χ0v) is 10.3. The van der Waals surface area contributed by atoms with Crippen molar-refractivity contribution in [1.82, 2.24) is 10.3 Å². The third-order valence-corrected chi connectivity index (χ3v) is 2.82. The zero-order valence-electron chi connectivity index (χ0n) is 10.3. The number of hydrogen-bond acceptors (Lipinski definition) is 3. The summed E-state index contributed by atoms with van der Waals surface area (Å²) in [6.07, 6.45) is 3.22. The standard InChI is InChI=1S/C13H20N2O/c1-13(2,3)12-5-4-10(9-15-12)16-11-6-7-14-8-11/h4-5,9,11,14H,6-8H2,1-3H3/t11-/m1/s1. The molecule has 0 amide bonds. The molecule has 16 heavy (non-hydrogen) atoms. The van der Waals surface area contributed by atoms with Gasteiger partial charge in [0.15, 0.2) is 0 Å². The van der Waals surface area contributed by atoms with Crippen LogP contribution in [0, 0.1) is 0 Å². The van der Waals surface area contributed by atoms with Crippen LogP contribution in [-0.4, -0.2) is 24.2 Å². The molecule has 1 aromatic heterocycles. The molecule has 1 aromatic rings. The van der Waals surface area contributed by atoms with Crippen molar-refractivity contribution in [2.45, 2.75) is 38.7 Å². The van der Waals surface area contributed by atoms with Crippen molar-refractivity contribution in [2.24, 2.45) is 0 Å². The molecule has 0 spiro atoms. The summed E-state index contributed by atoms with van der Waals surface area (Å²) in [4.78, 5) is 4.45. The van der Waals surface area contributed by atoms with Gasteiger partial charge in [-0.2, -0.15) is 0 Å². The Labute approximate surface area is 97.2 Å². The molecule has 1 N–H and O–H groups in total. The molecule has 2 heterocycles. The molecule has 3 nitrogen and oxygen atoms in total. The molecule has 1 atom stereocenters. The third kappa shape index (κ3) is 2.73. The molecule has 0 unspecified atom stereocenters. The minimum Gasteiger partial charge on any atom is -0.487 e. The van der Waals surface area contributed by atoms with Gasteiger partial charge in [0.05, 0.1) is 6.20 Å². The van der Waals surface area contributed by atoms with Crippen LogP contribution in [0.25, 0.3) is 0 Å². The monoisotopic (exact) mass is 220 g/mol. The van der Waals surface area contributed by atoms with Gasteiger partial charge in [-0.15, -0.1) is 0 Å². The van der Waals surface area contributed by atoms with Gasteiger partial charge in [0.25, 0.3) is 0 Å². The van der Waals surface area contributed by atoms with E-state index in [4.69, 9.17) is 4.74 Å². The second-order valence-electron chi connectivity index (χ2n) is 5.36. The number of nitrogens with one attached hydrogen (secondary N) is 1. The lowest BCUT2D eigenvalue weighted by Gasteiger charge is -2.18. The Bertz CT molecular complexity index is 334. The first kappa shape index (κ1) is 11.4. The van der Waals surface area contributed by atoms with E-state index in [1.54, 1.807) is 0 Å². The Balaban J connectivity index is 2.01. The Kier molecular flexibility index (Phi) is 3.15. The lowest BCUT2D eigenvalue weighted by molar-refractivity contribution is 0.222. The predicted molar refractivity (Wildman–Crippen MR) is 64.8 cm³/mol. The first-order chi connectivity index (χ1) is 7.55. The molecule has 0 aromatic carbocycles. The first-order valence-electron chi connectivity index (χ1n) is 5.89. The summed E-state index contributed by atoms with van der Waals surface area (Å²) >= 11 is 0. The van der Waals surface area contributed by atoms with Gasteiger partial charge in [-0.25, -0.2) is 0 Å². The van der Waals surface area contributed by atoms with E-state index in [0.29, 0.717) is 6.10 Å². The highest BCUT2D eigenvalue weighted by Gasteiger charge is 2.17. The van der Waals surface area contributed by atoms with Crippen LogP contribution >= 0.6 is 0 Å². The summed E-state index contributed by atoms with van der Waals surface area (Å²) in [5, 5.41) is 3.28. The van der Waals surface area contributed by atoms with E-state index in [1.807, 2.05) is 12.3 Å². The van der Waals surface area contributed by atoms with Crippen molar-refractivity contribution in [3.63, 3.8) is 0 Å². The molecule has 1 fully saturated rings. The smallest absolute Gasteiger partial charge is 0.138 e. The van der Waals surface area contributed by atoms with Crippen molar-refractivity contribution in [3.05, 3.63) is 24.0 Å². The molecule has 2 rings (SSSR count). The number of ether oxygens (including phenoxy) is 1. The largest absolute Gasteiger partial charge is 0.487 e. The molecule has 0 aliphatic carbocycles. The zero-order chi connectivity index (χ0) is 11.6. The minimum absolute atomic E-state index is 0.105. The normalized spacial score (nSPS) is 21.1. The Morgan fingerprint density at radius 3 is 2.69 bits per heavy atom. The van der Waals surface area contributed by atoms with Gasteiger partial charge in [0.2, 0.25) is 0 Å². The van der Waals surface area contributed by atoms with Gasteiger partial charge in [0.1, 0.15) is 11.9 Å². The maximum atomic E-state index is 5.82. The summed E-state index contributed by atoms with van der Waals surface area (Å²) in [5.74, 6) is 0.877. The number of nitrogens with zero attached hydrogens (tertiary/aromatic N) is 1. The molecular weight excluding hydrogens is 200 g/mol. The van der Waals surface area contributed by atoms with Crippen molar-refractivity contribution < 1.29 is 4.74 Å². The minimum atomic E-state index is 0.105. The summed E-state index contributed by atoms with van der Waals surface area (Å²) < 4.78 is 5.82. The van der Waals surface area contributed by atoms with Crippen LogP contribution in [0.3, 0.4) is 0 Å². The van der Waals surface area contributed by atoms with E-state index < -0.39 is 0 Å². The average Bonchev–Trinajstić information content (AvgIpc) is 2.70. The highest BCUT2D eigenvalue weighted by molar-refractivity contribution is 5.23. The van der Waals surface area contributed by atoms with Gasteiger partial charge in [0, 0.05) is 17.7 Å². The van der Waals surface area contributed by atoms with E-state index in [9.17, 15) is 0 Å². The molecule has 3 heteroatoms. The van der Waals surface area contributed by atoms with Gasteiger partial charge < -0.3 is 10.1 Å². The SMILES string of the molecule is CC(C)(C)c1ccc(O[C@@H]2CCNC2)cn1. The summed E-state index contributed by atoms with van der Waals surface area (Å²) in [6, 6.07) is 4.07. The van der Waals surface area contributed by atoms with Crippen molar-refractivity contribution >= 4 is 0 Å². The lowest BCUT2D eigenvalue weighted by atomic mass is 9.92. The second-order valence-corrected chi connectivity index (χ2v) is 5.36. The predicted octanol–water partition coefficient (Wildman–Crippen LogP) is 2.12. The quantitative estimate of drug-likeness (QED) is 0.829. The fourth-order valence-electron chi connectivity index (χ4n) is 1.81. The molecule has 1 aliphatic rings. The fourth-order valence-corrected chi connectivity index (χ4v) is 1.81. The maximum absolute atomic E-state index is 5.82. The number of pyridine rings is 1. The van der Waals surface area contributed by atoms with E-state index >= 15 is 0 Å². The Hall–Kier alpha value is -1.09. The van der Waals surface area contributed by atoms with Crippen LogP contribution in [0.1, 0.15) is 32.9 Å². The molecule has 0 radical (unpaired) electrons. The van der Waals surface area contributed by atoms with E-state index in [1.165, 1.54) is 0 Å².